The molecule has 1 atom stereocenters. The summed E-state index contributed by atoms with van der Waals surface area (Å²) in [5, 5.41) is 7.55. The summed E-state index contributed by atoms with van der Waals surface area (Å²) in [5.74, 6) is -1.56. The molecular formula is C21H22F3N2O4P. The SMILES string of the molecule is CO/N=C(/C(=O)OC)c1cccc(C)c1CO/N=C(\C)c1c(F)cccc1C(F)(F)P. The minimum absolute atomic E-state index is 0.0656. The zero-order chi connectivity index (χ0) is 23.2. The maximum atomic E-state index is 14.3. The van der Waals surface area contributed by atoms with Crippen molar-refractivity contribution in [3.8, 4) is 0 Å². The predicted molar refractivity (Wildman–Crippen MR) is 114 cm³/mol. The fraction of sp³-hybridized carbons (Fsp3) is 0.286. The standard InChI is InChI=1S/C21H22F3N2O4P/c1-12-7-5-8-14(19(26-29-4)20(27)28-3)15(12)11-30-25-13(2)18-16(21(23,24)31)9-6-10-17(18)22/h5-10H,11,31H2,1-4H3/b25-13+,26-19+. The molecule has 0 spiro atoms. The lowest BCUT2D eigenvalue weighted by atomic mass is 9.99. The van der Waals surface area contributed by atoms with Gasteiger partial charge in [0.2, 0.25) is 0 Å². The van der Waals surface area contributed by atoms with Crippen molar-refractivity contribution in [3.05, 3.63) is 70.0 Å². The summed E-state index contributed by atoms with van der Waals surface area (Å²) in [6.45, 7) is 3.01. The van der Waals surface area contributed by atoms with Crippen LogP contribution < -0.4 is 0 Å². The van der Waals surface area contributed by atoms with Gasteiger partial charge in [0.25, 0.3) is 5.66 Å². The van der Waals surface area contributed by atoms with Crippen LogP contribution in [0, 0.1) is 12.7 Å². The van der Waals surface area contributed by atoms with Gasteiger partial charge in [-0.05, 0) is 25.5 Å². The van der Waals surface area contributed by atoms with Gasteiger partial charge in [0.1, 0.15) is 19.5 Å². The normalized spacial score (nSPS) is 12.5. The predicted octanol–water partition coefficient (Wildman–Crippen LogP) is 4.52. The van der Waals surface area contributed by atoms with E-state index in [0.717, 1.165) is 17.7 Å². The first-order valence-electron chi connectivity index (χ1n) is 9.02. The molecule has 2 rings (SSSR count). The number of nitrogens with zero attached hydrogens (tertiary/aromatic N) is 2. The summed E-state index contributed by atoms with van der Waals surface area (Å²) in [5.41, 5.74) is -2.67. The first-order chi connectivity index (χ1) is 14.6. The molecule has 0 amide bonds. The molecule has 0 aliphatic carbocycles. The van der Waals surface area contributed by atoms with Gasteiger partial charge in [-0.2, -0.15) is 8.78 Å². The first-order valence-corrected chi connectivity index (χ1v) is 9.60. The Morgan fingerprint density at radius 1 is 1.13 bits per heavy atom. The van der Waals surface area contributed by atoms with Crippen LogP contribution in [0.15, 0.2) is 46.7 Å². The number of hydrogen-bond donors (Lipinski definition) is 0. The molecule has 166 valence electrons. The molecule has 0 fully saturated rings. The van der Waals surface area contributed by atoms with E-state index in [2.05, 4.69) is 10.3 Å². The highest BCUT2D eigenvalue weighted by Gasteiger charge is 2.30. The van der Waals surface area contributed by atoms with E-state index in [1.54, 1.807) is 25.1 Å². The number of hydrogen-bond acceptors (Lipinski definition) is 6. The smallest absolute Gasteiger partial charge is 0.360 e. The van der Waals surface area contributed by atoms with Gasteiger partial charge in [-0.3, -0.25) is 0 Å². The Morgan fingerprint density at radius 2 is 1.81 bits per heavy atom. The Balaban J connectivity index is 2.38. The zero-order valence-corrected chi connectivity index (χ0v) is 18.6. The number of methoxy groups -OCH3 is 1. The zero-order valence-electron chi connectivity index (χ0n) is 17.4. The number of oxime groups is 2. The van der Waals surface area contributed by atoms with Crippen LogP contribution in [0.1, 0.15) is 34.7 Å². The van der Waals surface area contributed by atoms with Crippen LogP contribution >= 0.6 is 9.24 Å². The van der Waals surface area contributed by atoms with Crippen LogP contribution in [0.2, 0.25) is 0 Å². The average molecular weight is 454 g/mol. The topological polar surface area (TPSA) is 69.5 Å². The summed E-state index contributed by atoms with van der Waals surface area (Å²) >= 11 is 0. The minimum atomic E-state index is -3.34. The summed E-state index contributed by atoms with van der Waals surface area (Å²) in [7, 11) is 3.88. The van der Waals surface area contributed by atoms with E-state index in [-0.39, 0.29) is 23.6 Å². The van der Waals surface area contributed by atoms with Crippen molar-refractivity contribution in [2.75, 3.05) is 14.2 Å². The lowest BCUT2D eigenvalue weighted by molar-refractivity contribution is -0.132. The Labute approximate surface area is 180 Å². The molecule has 0 radical (unpaired) electrons. The molecule has 10 heteroatoms. The molecule has 0 aliphatic heterocycles. The Kier molecular flexibility index (Phi) is 8.16. The number of benzene rings is 2. The van der Waals surface area contributed by atoms with Crippen molar-refractivity contribution in [1.29, 1.82) is 0 Å². The molecule has 31 heavy (non-hydrogen) atoms. The number of esters is 1. The van der Waals surface area contributed by atoms with Crippen molar-refractivity contribution in [2.45, 2.75) is 26.1 Å². The lowest BCUT2D eigenvalue weighted by Gasteiger charge is -2.16. The van der Waals surface area contributed by atoms with E-state index in [1.807, 2.05) is 0 Å². The van der Waals surface area contributed by atoms with E-state index < -0.39 is 23.0 Å². The minimum Gasteiger partial charge on any atom is -0.464 e. The number of carbonyl (C=O) groups excluding carboxylic acids is 1. The van der Waals surface area contributed by atoms with Gasteiger partial charge in [-0.15, -0.1) is 0 Å². The molecule has 0 N–H and O–H groups in total. The molecule has 1 unspecified atom stereocenters. The third-order valence-corrected chi connectivity index (χ3v) is 4.68. The molecule has 2 aromatic carbocycles. The van der Waals surface area contributed by atoms with Crippen LogP contribution in [0.4, 0.5) is 13.2 Å². The fourth-order valence-corrected chi connectivity index (χ4v) is 3.15. The van der Waals surface area contributed by atoms with Gasteiger partial charge in [0.15, 0.2) is 5.71 Å². The van der Waals surface area contributed by atoms with Gasteiger partial charge in [-0.1, -0.05) is 49.9 Å². The summed E-state index contributed by atoms with van der Waals surface area (Å²) in [6, 6.07) is 8.50. The maximum Gasteiger partial charge on any atom is 0.360 e. The second-order valence-electron chi connectivity index (χ2n) is 6.45. The third-order valence-electron chi connectivity index (χ3n) is 4.37. The van der Waals surface area contributed by atoms with E-state index >= 15 is 0 Å². The van der Waals surface area contributed by atoms with Crippen molar-refractivity contribution in [3.63, 3.8) is 0 Å². The van der Waals surface area contributed by atoms with E-state index in [1.165, 1.54) is 36.4 Å². The molecule has 0 bridgehead atoms. The van der Waals surface area contributed by atoms with E-state index in [0.29, 0.717) is 11.1 Å². The van der Waals surface area contributed by atoms with Gasteiger partial charge >= 0.3 is 5.97 Å². The van der Waals surface area contributed by atoms with Gasteiger partial charge < -0.3 is 14.4 Å². The third kappa shape index (κ3) is 5.82. The highest BCUT2D eigenvalue weighted by atomic mass is 31.0. The molecule has 0 aromatic heterocycles. The van der Waals surface area contributed by atoms with Crippen molar-refractivity contribution in [2.24, 2.45) is 10.3 Å². The van der Waals surface area contributed by atoms with Crippen molar-refractivity contribution < 1.29 is 32.4 Å². The summed E-state index contributed by atoms with van der Waals surface area (Å²) < 4.78 is 46.7. The summed E-state index contributed by atoms with van der Waals surface area (Å²) in [6.07, 6.45) is 0. The first kappa shape index (κ1) is 24.3. The molecule has 0 saturated carbocycles. The largest absolute Gasteiger partial charge is 0.464 e. The second-order valence-corrected chi connectivity index (χ2v) is 7.18. The van der Waals surface area contributed by atoms with Crippen LogP contribution in [0.5, 0.6) is 0 Å². The highest BCUT2D eigenvalue weighted by molar-refractivity contribution is 7.17. The van der Waals surface area contributed by atoms with E-state index in [4.69, 9.17) is 14.4 Å². The Bertz CT molecular complexity index is 1020. The number of ether oxygens (including phenoxy) is 1. The molecule has 0 heterocycles. The van der Waals surface area contributed by atoms with Crippen molar-refractivity contribution >= 4 is 26.6 Å². The van der Waals surface area contributed by atoms with Crippen LogP contribution in [0.25, 0.3) is 0 Å². The van der Waals surface area contributed by atoms with Gasteiger partial charge in [0, 0.05) is 22.3 Å². The molecular weight excluding hydrogens is 432 g/mol. The van der Waals surface area contributed by atoms with Crippen molar-refractivity contribution in [1.82, 2.24) is 0 Å². The second kappa shape index (κ2) is 10.4. The van der Waals surface area contributed by atoms with E-state index in [9.17, 15) is 18.0 Å². The quantitative estimate of drug-likeness (QED) is 0.255. The fourth-order valence-electron chi connectivity index (χ4n) is 2.91. The molecule has 0 saturated heterocycles. The Morgan fingerprint density at radius 3 is 2.42 bits per heavy atom. The van der Waals surface area contributed by atoms with Gasteiger partial charge in [0.05, 0.1) is 12.8 Å². The monoisotopic (exact) mass is 454 g/mol. The maximum absolute atomic E-state index is 14.3. The molecule has 2 aromatic rings. The number of carbonyl (C=O) groups is 1. The van der Waals surface area contributed by atoms with Crippen LogP contribution in [-0.4, -0.2) is 31.6 Å². The molecule has 6 nitrogen and oxygen atoms in total. The average Bonchev–Trinajstić information content (AvgIpc) is 2.71. The number of alkyl halides is 2. The molecule has 0 aliphatic rings. The van der Waals surface area contributed by atoms with Gasteiger partial charge in [-0.25, -0.2) is 9.18 Å². The number of halogens is 3. The number of aryl methyl sites for hydroxylation is 1. The van der Waals surface area contributed by atoms with Crippen LogP contribution in [0.3, 0.4) is 0 Å². The summed E-state index contributed by atoms with van der Waals surface area (Å²) in [4.78, 5) is 22.2. The van der Waals surface area contributed by atoms with Crippen LogP contribution in [-0.2, 0) is 31.5 Å². The number of rotatable bonds is 8. The highest BCUT2D eigenvalue weighted by Crippen LogP contribution is 2.37. The Hall–Kier alpha value is -2.93. The lowest BCUT2D eigenvalue weighted by Crippen LogP contribution is -2.20.